The molecule has 2 heterocycles. The van der Waals surface area contributed by atoms with Gasteiger partial charge in [0.15, 0.2) is 0 Å². The Labute approximate surface area is 112 Å². The van der Waals surface area contributed by atoms with E-state index in [0.29, 0.717) is 6.04 Å². The van der Waals surface area contributed by atoms with Crippen molar-refractivity contribution in [1.29, 1.82) is 0 Å². The van der Waals surface area contributed by atoms with Crippen LogP contribution in [0.2, 0.25) is 0 Å². The molecule has 0 saturated heterocycles. The summed E-state index contributed by atoms with van der Waals surface area (Å²) in [6.45, 7) is 3.00. The number of nitrogens with zero attached hydrogens (tertiary/aromatic N) is 1. The van der Waals surface area contributed by atoms with Crippen LogP contribution in [-0.4, -0.2) is 4.98 Å². The van der Waals surface area contributed by atoms with E-state index in [1.807, 2.05) is 23.7 Å². The van der Waals surface area contributed by atoms with Crippen LogP contribution in [0.3, 0.4) is 0 Å². The van der Waals surface area contributed by atoms with Crippen molar-refractivity contribution in [2.24, 2.45) is 0 Å². The molecule has 94 valence electrons. The number of hydrogen-bond donors (Lipinski definition) is 1. The molecular weight excluding hydrogens is 240 g/mol. The lowest BCUT2D eigenvalue weighted by molar-refractivity contribution is 0.463. The Kier molecular flexibility index (Phi) is 3.43. The maximum Gasteiger partial charge on any atom is 0.0334 e. The van der Waals surface area contributed by atoms with E-state index < -0.39 is 0 Å². The zero-order valence-electron chi connectivity index (χ0n) is 10.6. The molecule has 1 aliphatic rings. The average molecular weight is 258 g/mol. The van der Waals surface area contributed by atoms with Gasteiger partial charge in [-0.2, -0.15) is 0 Å². The molecule has 0 bridgehead atoms. The Morgan fingerprint density at radius 1 is 1.44 bits per heavy atom. The smallest absolute Gasteiger partial charge is 0.0334 e. The van der Waals surface area contributed by atoms with Gasteiger partial charge in [0.25, 0.3) is 0 Å². The molecule has 3 rings (SSSR count). The summed E-state index contributed by atoms with van der Waals surface area (Å²) in [6, 6.07) is 5.02. The molecule has 0 saturated carbocycles. The van der Waals surface area contributed by atoms with Crippen molar-refractivity contribution in [1.82, 2.24) is 10.3 Å². The molecule has 0 amide bonds. The molecule has 1 N–H and O–H groups in total. The summed E-state index contributed by atoms with van der Waals surface area (Å²) in [5, 5.41) is 5.90. The van der Waals surface area contributed by atoms with Gasteiger partial charge >= 0.3 is 0 Å². The highest BCUT2D eigenvalue weighted by molar-refractivity contribution is 7.10. The first kappa shape index (κ1) is 11.9. The molecule has 18 heavy (non-hydrogen) atoms. The van der Waals surface area contributed by atoms with Crippen molar-refractivity contribution < 1.29 is 0 Å². The van der Waals surface area contributed by atoms with Crippen LogP contribution in [-0.2, 0) is 13.0 Å². The lowest BCUT2D eigenvalue weighted by Crippen LogP contribution is -2.23. The third kappa shape index (κ3) is 2.47. The van der Waals surface area contributed by atoms with Crippen molar-refractivity contribution in [3.05, 3.63) is 51.5 Å². The van der Waals surface area contributed by atoms with Crippen LogP contribution in [0, 0.1) is 6.92 Å². The van der Waals surface area contributed by atoms with Crippen LogP contribution in [0.4, 0.5) is 0 Å². The van der Waals surface area contributed by atoms with Crippen molar-refractivity contribution in [3.8, 4) is 0 Å². The minimum absolute atomic E-state index is 0.528. The van der Waals surface area contributed by atoms with E-state index in [4.69, 9.17) is 0 Å². The summed E-state index contributed by atoms with van der Waals surface area (Å²) in [5.74, 6) is 0. The summed E-state index contributed by atoms with van der Waals surface area (Å²) in [4.78, 5) is 5.81. The lowest BCUT2D eigenvalue weighted by atomic mass is 9.94. The summed E-state index contributed by atoms with van der Waals surface area (Å²) >= 11 is 1.90. The zero-order valence-corrected chi connectivity index (χ0v) is 11.5. The van der Waals surface area contributed by atoms with Crippen LogP contribution >= 0.6 is 11.3 Å². The second-order valence-corrected chi connectivity index (χ2v) is 6.00. The SMILES string of the molecule is Cc1cncc(CNC2CCCc3sccc32)c1. The van der Waals surface area contributed by atoms with Gasteiger partial charge in [0, 0.05) is 29.9 Å². The molecule has 0 radical (unpaired) electrons. The van der Waals surface area contributed by atoms with Crippen molar-refractivity contribution >= 4 is 11.3 Å². The second kappa shape index (κ2) is 5.21. The largest absolute Gasteiger partial charge is 0.306 e. The first-order valence-corrected chi connectivity index (χ1v) is 7.41. The molecule has 2 nitrogen and oxygen atoms in total. The Morgan fingerprint density at radius 2 is 2.39 bits per heavy atom. The van der Waals surface area contributed by atoms with Crippen molar-refractivity contribution in [3.63, 3.8) is 0 Å². The predicted molar refractivity (Wildman–Crippen MR) is 75.8 cm³/mol. The van der Waals surface area contributed by atoms with E-state index in [2.05, 4.69) is 34.7 Å². The van der Waals surface area contributed by atoms with Crippen LogP contribution in [0.25, 0.3) is 0 Å². The van der Waals surface area contributed by atoms with Gasteiger partial charge in [0.05, 0.1) is 0 Å². The number of hydrogen-bond acceptors (Lipinski definition) is 3. The first-order valence-electron chi connectivity index (χ1n) is 6.53. The number of nitrogens with one attached hydrogen (secondary N) is 1. The van der Waals surface area contributed by atoms with E-state index in [-0.39, 0.29) is 0 Å². The lowest BCUT2D eigenvalue weighted by Gasteiger charge is -2.23. The highest BCUT2D eigenvalue weighted by atomic mass is 32.1. The average Bonchev–Trinajstić information content (AvgIpc) is 2.85. The van der Waals surface area contributed by atoms with Gasteiger partial charge in [-0.05, 0) is 54.3 Å². The zero-order chi connectivity index (χ0) is 12.4. The van der Waals surface area contributed by atoms with Crippen LogP contribution < -0.4 is 5.32 Å². The monoisotopic (exact) mass is 258 g/mol. The van der Waals surface area contributed by atoms with Gasteiger partial charge in [0.1, 0.15) is 0 Å². The number of aromatic nitrogens is 1. The molecule has 1 atom stereocenters. The molecule has 1 aliphatic carbocycles. The first-order chi connectivity index (χ1) is 8.83. The fourth-order valence-electron chi connectivity index (χ4n) is 2.65. The van der Waals surface area contributed by atoms with Gasteiger partial charge in [-0.3, -0.25) is 4.98 Å². The topological polar surface area (TPSA) is 24.9 Å². The fourth-order valence-corrected chi connectivity index (χ4v) is 3.64. The Bertz CT molecular complexity index is 533. The highest BCUT2D eigenvalue weighted by Crippen LogP contribution is 2.33. The quantitative estimate of drug-likeness (QED) is 0.909. The van der Waals surface area contributed by atoms with E-state index in [1.54, 1.807) is 4.88 Å². The number of fused-ring (bicyclic) bond motifs is 1. The van der Waals surface area contributed by atoms with Gasteiger partial charge in [0.2, 0.25) is 0 Å². The maximum absolute atomic E-state index is 4.24. The minimum Gasteiger partial charge on any atom is -0.306 e. The number of pyridine rings is 1. The number of aryl methyl sites for hydroxylation is 2. The van der Waals surface area contributed by atoms with Crippen molar-refractivity contribution in [2.75, 3.05) is 0 Å². The summed E-state index contributed by atoms with van der Waals surface area (Å²) in [5.41, 5.74) is 4.03. The molecule has 1 unspecified atom stereocenters. The number of thiophene rings is 1. The summed E-state index contributed by atoms with van der Waals surface area (Å²) in [7, 11) is 0. The van der Waals surface area contributed by atoms with Gasteiger partial charge in [-0.15, -0.1) is 11.3 Å². The molecule has 2 aromatic rings. The van der Waals surface area contributed by atoms with Gasteiger partial charge in [-0.25, -0.2) is 0 Å². The molecule has 0 fully saturated rings. The second-order valence-electron chi connectivity index (χ2n) is 5.00. The maximum atomic E-state index is 4.24. The Hall–Kier alpha value is -1.19. The highest BCUT2D eigenvalue weighted by Gasteiger charge is 2.20. The van der Waals surface area contributed by atoms with Crippen LogP contribution in [0.5, 0.6) is 0 Å². The predicted octanol–water partition coefficient (Wildman–Crippen LogP) is 3.62. The molecule has 3 heteroatoms. The van der Waals surface area contributed by atoms with E-state index in [0.717, 1.165) is 6.54 Å². The van der Waals surface area contributed by atoms with Crippen molar-refractivity contribution in [2.45, 2.75) is 38.8 Å². The third-order valence-corrected chi connectivity index (χ3v) is 4.53. The molecule has 0 aliphatic heterocycles. The Balaban J connectivity index is 1.68. The van der Waals surface area contributed by atoms with E-state index in [1.165, 1.54) is 36.0 Å². The summed E-state index contributed by atoms with van der Waals surface area (Å²) in [6.07, 6.45) is 7.68. The molecule has 0 aromatic carbocycles. The summed E-state index contributed by atoms with van der Waals surface area (Å²) < 4.78 is 0. The van der Waals surface area contributed by atoms with E-state index >= 15 is 0 Å². The fraction of sp³-hybridized carbons (Fsp3) is 0.400. The third-order valence-electron chi connectivity index (χ3n) is 3.54. The molecule has 2 aromatic heterocycles. The molecule has 0 spiro atoms. The standard InChI is InChI=1S/C15H18N2S/c1-11-7-12(9-16-8-11)10-17-14-3-2-4-15-13(14)5-6-18-15/h5-9,14,17H,2-4,10H2,1H3. The Morgan fingerprint density at radius 3 is 3.28 bits per heavy atom. The minimum atomic E-state index is 0.528. The number of rotatable bonds is 3. The molecular formula is C15H18N2S. The van der Waals surface area contributed by atoms with Crippen LogP contribution in [0.1, 0.15) is 40.5 Å². The van der Waals surface area contributed by atoms with Crippen LogP contribution in [0.15, 0.2) is 29.9 Å². The normalized spacial score (nSPS) is 18.6. The van der Waals surface area contributed by atoms with Gasteiger partial charge in [-0.1, -0.05) is 6.07 Å². The van der Waals surface area contributed by atoms with Gasteiger partial charge < -0.3 is 5.32 Å². The van der Waals surface area contributed by atoms with E-state index in [9.17, 15) is 0 Å².